The summed E-state index contributed by atoms with van der Waals surface area (Å²) >= 11 is 5.52. The van der Waals surface area contributed by atoms with E-state index in [1.54, 1.807) is 54.6 Å². The maximum absolute atomic E-state index is 13.9. The van der Waals surface area contributed by atoms with Gasteiger partial charge in [0.1, 0.15) is 29.5 Å². The van der Waals surface area contributed by atoms with E-state index in [1.165, 1.54) is 28.9 Å². The molecule has 1 amide bonds. The molecule has 5 aromatic carbocycles. The number of halogens is 3. The number of fused-ring (bicyclic) bond motifs is 7. The lowest BCUT2D eigenvalue weighted by Crippen LogP contribution is -2.33. The van der Waals surface area contributed by atoms with Crippen LogP contribution in [-0.2, 0) is 26.4 Å². The molecule has 19 heteroatoms. The molecule has 7 N–H and O–H groups in total. The SMILES string of the molecule is CC.CCC1=C(CNc2cccc3c2cc(C#CCNc2ccc(C(=O)NCCOCCOCCNC(=S)Nc4ccc5c(c4)C(=O)OC54c5ccc(C)cc5Oc5cc(O)ccc54)cc2OC)n3CC(F)(F)F)C(C)CNC1. The number of esters is 1. The average molecular weight is 1100 g/mol. The van der Waals surface area contributed by atoms with Crippen molar-refractivity contribution in [1.82, 2.24) is 20.5 Å². The third kappa shape index (κ3) is 13.2. The van der Waals surface area contributed by atoms with Gasteiger partial charge in [-0.2, -0.15) is 13.2 Å². The van der Waals surface area contributed by atoms with E-state index in [2.05, 4.69) is 57.6 Å². The first-order valence-electron chi connectivity index (χ1n) is 26.4. The highest BCUT2D eigenvalue weighted by molar-refractivity contribution is 7.80. The Morgan fingerprint density at radius 1 is 0.899 bits per heavy atom. The number of hydrogen-bond donors (Lipinski definition) is 7. The summed E-state index contributed by atoms with van der Waals surface area (Å²) in [5.41, 5.74) is 7.62. The Balaban J connectivity index is 0.00000406. The molecule has 0 saturated carbocycles. The minimum absolute atomic E-state index is 0.0288. The number of benzene rings is 5. The molecule has 0 aliphatic carbocycles. The quantitative estimate of drug-likeness (QED) is 0.0134. The fraction of sp³-hybridized carbons (Fsp3) is 0.350. The van der Waals surface area contributed by atoms with E-state index in [-0.39, 0.29) is 37.0 Å². The summed E-state index contributed by atoms with van der Waals surface area (Å²) in [6, 6.07) is 27.8. The first-order valence-corrected chi connectivity index (χ1v) is 26.8. The summed E-state index contributed by atoms with van der Waals surface area (Å²) in [7, 11) is 1.48. The molecular weight excluding hydrogens is 1040 g/mol. The van der Waals surface area contributed by atoms with E-state index in [0.29, 0.717) is 111 Å². The molecule has 416 valence electrons. The Bertz CT molecular complexity index is 3260. The number of aromatic hydroxyl groups is 1. The van der Waals surface area contributed by atoms with Crippen molar-refractivity contribution in [3.05, 3.63) is 147 Å². The molecule has 3 aliphatic rings. The third-order valence-electron chi connectivity index (χ3n) is 13.7. The van der Waals surface area contributed by atoms with Gasteiger partial charge in [0.25, 0.3) is 5.91 Å². The lowest BCUT2D eigenvalue weighted by molar-refractivity contribution is -0.140. The van der Waals surface area contributed by atoms with Gasteiger partial charge in [0, 0.05) is 77.8 Å². The van der Waals surface area contributed by atoms with E-state index in [9.17, 15) is 27.9 Å². The van der Waals surface area contributed by atoms with Crippen LogP contribution < -0.4 is 41.4 Å². The second kappa shape index (κ2) is 25.8. The fourth-order valence-electron chi connectivity index (χ4n) is 9.99. The van der Waals surface area contributed by atoms with Gasteiger partial charge in [-0.3, -0.25) is 4.79 Å². The van der Waals surface area contributed by atoms with Crippen molar-refractivity contribution in [2.75, 3.05) is 88.8 Å². The number of aromatic nitrogens is 1. The smallest absolute Gasteiger partial charge is 0.406 e. The van der Waals surface area contributed by atoms with Crippen molar-refractivity contribution >= 4 is 57.2 Å². The van der Waals surface area contributed by atoms with Gasteiger partial charge in [-0.05, 0) is 115 Å². The second-order valence-corrected chi connectivity index (χ2v) is 19.3. The Morgan fingerprint density at radius 2 is 1.63 bits per heavy atom. The second-order valence-electron chi connectivity index (χ2n) is 18.9. The monoisotopic (exact) mass is 1100 g/mol. The zero-order valence-corrected chi connectivity index (χ0v) is 45.9. The van der Waals surface area contributed by atoms with E-state index in [0.717, 1.165) is 30.8 Å². The maximum atomic E-state index is 13.9. The van der Waals surface area contributed by atoms with Crippen LogP contribution in [0.5, 0.6) is 23.0 Å². The number of amides is 1. The van der Waals surface area contributed by atoms with Crippen LogP contribution in [-0.4, -0.2) is 106 Å². The summed E-state index contributed by atoms with van der Waals surface area (Å²) < 4.78 is 72.1. The number of methoxy groups -OCH3 is 1. The first kappa shape index (κ1) is 57.4. The van der Waals surface area contributed by atoms with Gasteiger partial charge in [-0.15, -0.1) is 0 Å². The van der Waals surface area contributed by atoms with Crippen molar-refractivity contribution in [2.24, 2.45) is 5.92 Å². The molecule has 6 aromatic rings. The number of alkyl halides is 3. The predicted octanol–water partition coefficient (Wildman–Crippen LogP) is 10.4. The minimum Gasteiger partial charge on any atom is -0.508 e. The van der Waals surface area contributed by atoms with Gasteiger partial charge in [-0.25, -0.2) is 4.79 Å². The lowest BCUT2D eigenvalue weighted by Gasteiger charge is -2.36. The largest absolute Gasteiger partial charge is 0.508 e. The molecule has 1 aromatic heterocycles. The van der Waals surface area contributed by atoms with Gasteiger partial charge in [-0.1, -0.05) is 63.5 Å². The molecule has 4 heterocycles. The Morgan fingerprint density at radius 3 is 2.38 bits per heavy atom. The van der Waals surface area contributed by atoms with Crippen LogP contribution in [0.25, 0.3) is 10.9 Å². The van der Waals surface area contributed by atoms with Crippen molar-refractivity contribution in [3.63, 3.8) is 0 Å². The molecule has 3 aliphatic heterocycles. The van der Waals surface area contributed by atoms with Gasteiger partial charge in [0.2, 0.25) is 0 Å². The van der Waals surface area contributed by atoms with Crippen molar-refractivity contribution in [1.29, 1.82) is 0 Å². The highest BCUT2D eigenvalue weighted by Crippen LogP contribution is 2.57. The van der Waals surface area contributed by atoms with Crippen molar-refractivity contribution in [3.8, 4) is 34.8 Å². The number of aryl methyl sites for hydroxylation is 1. The molecule has 0 saturated heterocycles. The Labute approximate surface area is 463 Å². The first-order chi connectivity index (χ1) is 38.1. The topological polar surface area (TPSA) is 178 Å². The average Bonchev–Trinajstić information content (AvgIpc) is 3.63. The molecule has 2 unspecified atom stereocenters. The summed E-state index contributed by atoms with van der Waals surface area (Å²) in [5.74, 6) is 6.79. The Hall–Kier alpha value is -7.76. The lowest BCUT2D eigenvalue weighted by atomic mass is 9.77. The highest BCUT2D eigenvalue weighted by atomic mass is 32.1. The third-order valence-corrected chi connectivity index (χ3v) is 14.0. The van der Waals surface area contributed by atoms with Crippen LogP contribution in [0.15, 0.2) is 108 Å². The van der Waals surface area contributed by atoms with Gasteiger partial charge >= 0.3 is 12.1 Å². The number of carbonyl (C=O) groups excluding carboxylic acids is 2. The standard InChI is InChI=1S/C58H60F3N7O8S.C2H6/c1-5-37-32-62-31-36(3)44(37)33-66-48-9-6-10-50-43(48)29-40(68(50)34-57(59,60)61)8-7-19-63-49-18-12-38(27-53(49)72-4)54(70)64-20-22-73-24-25-74-23-21-65-56(77)67-39-13-16-45-42(28-39)55(71)76-58(45)46-15-11-35(2)26-51(46)75-52-30-41(69)14-17-47(52)58;1-2/h6,9-18,26-30,36,62-63,66,69H,5,19-25,31-34H2,1-4H3,(H,64,70)(H2,65,67,77);1-2H3. The number of ether oxygens (including phenoxy) is 5. The number of hydrogen-bond acceptors (Lipinski definition) is 12. The van der Waals surface area contributed by atoms with E-state index >= 15 is 0 Å². The number of carbonyl (C=O) groups is 2. The molecule has 2 atom stereocenters. The number of rotatable bonds is 19. The Kier molecular flexibility index (Phi) is 18.8. The summed E-state index contributed by atoms with van der Waals surface area (Å²) in [6.07, 6.45) is -3.53. The van der Waals surface area contributed by atoms with Gasteiger partial charge < -0.3 is 65.3 Å². The zero-order chi connectivity index (χ0) is 56.3. The number of phenols is 1. The molecular formula is C60H66F3N7O8S. The fourth-order valence-corrected chi connectivity index (χ4v) is 10.2. The predicted molar refractivity (Wildman–Crippen MR) is 305 cm³/mol. The number of nitrogens with zero attached hydrogens (tertiary/aromatic N) is 1. The van der Waals surface area contributed by atoms with E-state index < -0.39 is 24.3 Å². The molecule has 0 fully saturated rings. The number of nitrogens with one attached hydrogen (secondary N) is 6. The number of thiocarbonyl (C=S) groups is 1. The van der Waals surface area contributed by atoms with Crippen LogP contribution in [0.4, 0.5) is 30.2 Å². The van der Waals surface area contributed by atoms with Crippen LogP contribution in [0.3, 0.4) is 0 Å². The molecule has 1 spiro atoms. The molecule has 0 radical (unpaired) electrons. The summed E-state index contributed by atoms with van der Waals surface area (Å²) in [4.78, 5) is 26.5. The van der Waals surface area contributed by atoms with Gasteiger partial charge in [0.05, 0.1) is 62.5 Å². The molecule has 9 rings (SSSR count). The van der Waals surface area contributed by atoms with E-state index in [1.807, 2.05) is 57.2 Å². The minimum atomic E-state index is -4.46. The number of phenolic OH excluding ortho intramolecular Hbond substituents is 1. The highest BCUT2D eigenvalue weighted by Gasteiger charge is 2.53. The number of anilines is 3. The summed E-state index contributed by atoms with van der Waals surface area (Å²) in [5, 5.41) is 30.4. The van der Waals surface area contributed by atoms with Crippen molar-refractivity contribution < 1.29 is 51.6 Å². The zero-order valence-electron chi connectivity index (χ0n) is 45.1. The summed E-state index contributed by atoms with van der Waals surface area (Å²) in [6.45, 7) is 13.3. The molecule has 0 bridgehead atoms. The normalized spacial score (nSPS) is 16.0. The van der Waals surface area contributed by atoms with Crippen LogP contribution >= 0.6 is 12.2 Å². The van der Waals surface area contributed by atoms with Crippen LogP contribution in [0.1, 0.15) is 82.8 Å². The van der Waals surface area contributed by atoms with Crippen molar-refractivity contribution in [2.45, 2.75) is 59.4 Å². The van der Waals surface area contributed by atoms with E-state index in [4.69, 9.17) is 35.9 Å². The van der Waals surface area contributed by atoms with Crippen LogP contribution in [0.2, 0.25) is 0 Å². The molecule has 79 heavy (non-hydrogen) atoms. The van der Waals surface area contributed by atoms with Gasteiger partial charge in [0.15, 0.2) is 10.7 Å². The maximum Gasteiger partial charge on any atom is 0.406 e. The molecule has 15 nitrogen and oxygen atoms in total. The van der Waals surface area contributed by atoms with Crippen LogP contribution in [0, 0.1) is 24.7 Å².